The second kappa shape index (κ2) is 5.23. The summed E-state index contributed by atoms with van der Waals surface area (Å²) in [6.07, 6.45) is 1.66. The minimum atomic E-state index is 0.413. The highest BCUT2D eigenvalue weighted by atomic mass is 35.5. The van der Waals surface area contributed by atoms with Crippen LogP contribution < -0.4 is 5.32 Å². The normalized spacial score (nSPS) is 10.8. The Morgan fingerprint density at radius 2 is 1.88 bits per heavy atom. The van der Waals surface area contributed by atoms with Crippen molar-refractivity contribution in [3.05, 3.63) is 39.1 Å². The Labute approximate surface area is 113 Å². The lowest BCUT2D eigenvalue weighted by Crippen LogP contribution is -2.11. The second-order valence-corrected chi connectivity index (χ2v) is 4.61. The van der Waals surface area contributed by atoms with Crippen LogP contribution in [-0.2, 0) is 6.54 Å². The zero-order valence-electron chi connectivity index (χ0n) is 8.91. The van der Waals surface area contributed by atoms with E-state index in [9.17, 15) is 0 Å². The summed E-state index contributed by atoms with van der Waals surface area (Å²) in [4.78, 5) is 0. The van der Waals surface area contributed by atoms with E-state index in [2.05, 4.69) is 15.6 Å². The van der Waals surface area contributed by atoms with Gasteiger partial charge in [-0.1, -0.05) is 40.0 Å². The number of benzene rings is 1. The van der Waals surface area contributed by atoms with Gasteiger partial charge in [0.1, 0.15) is 0 Å². The molecule has 0 radical (unpaired) electrons. The van der Waals surface area contributed by atoms with Crippen LogP contribution in [0.4, 0.5) is 0 Å². The van der Waals surface area contributed by atoms with Crippen molar-refractivity contribution in [2.75, 3.05) is 7.05 Å². The highest BCUT2D eigenvalue weighted by molar-refractivity contribution is 6.43. The van der Waals surface area contributed by atoms with E-state index in [-0.39, 0.29) is 0 Å². The Morgan fingerprint density at radius 3 is 2.59 bits per heavy atom. The maximum atomic E-state index is 6.11. The first-order chi connectivity index (χ1) is 8.13. The largest absolute Gasteiger partial charge is 0.314 e. The number of aromatic nitrogens is 3. The van der Waals surface area contributed by atoms with Crippen molar-refractivity contribution in [2.24, 2.45) is 0 Å². The van der Waals surface area contributed by atoms with Gasteiger partial charge in [0.2, 0.25) is 0 Å². The van der Waals surface area contributed by atoms with Crippen molar-refractivity contribution in [1.82, 2.24) is 20.3 Å². The summed E-state index contributed by atoms with van der Waals surface area (Å²) in [6, 6.07) is 3.26. The Bertz CT molecular complexity index is 538. The molecule has 7 heteroatoms. The van der Waals surface area contributed by atoms with E-state index in [1.807, 2.05) is 7.05 Å². The van der Waals surface area contributed by atoms with Gasteiger partial charge in [0.05, 0.1) is 32.6 Å². The van der Waals surface area contributed by atoms with Gasteiger partial charge in [0.15, 0.2) is 0 Å². The van der Waals surface area contributed by atoms with E-state index < -0.39 is 0 Å². The fraction of sp³-hybridized carbons (Fsp3) is 0.200. The summed E-state index contributed by atoms with van der Waals surface area (Å²) >= 11 is 18.0. The average molecular weight is 292 g/mol. The molecule has 0 amide bonds. The third kappa shape index (κ3) is 2.55. The van der Waals surface area contributed by atoms with Crippen molar-refractivity contribution in [3.8, 4) is 5.69 Å². The topological polar surface area (TPSA) is 42.7 Å². The first-order valence-corrected chi connectivity index (χ1v) is 5.96. The minimum Gasteiger partial charge on any atom is -0.314 e. The quantitative estimate of drug-likeness (QED) is 0.884. The van der Waals surface area contributed by atoms with Gasteiger partial charge in [-0.25, -0.2) is 4.68 Å². The molecule has 0 saturated carbocycles. The minimum absolute atomic E-state index is 0.413. The van der Waals surface area contributed by atoms with Gasteiger partial charge in [-0.2, -0.15) is 0 Å². The highest BCUT2D eigenvalue weighted by Crippen LogP contribution is 2.31. The molecular weight excluding hydrogens is 282 g/mol. The third-order valence-corrected chi connectivity index (χ3v) is 3.22. The van der Waals surface area contributed by atoms with E-state index >= 15 is 0 Å². The van der Waals surface area contributed by atoms with Crippen LogP contribution in [0.3, 0.4) is 0 Å². The molecule has 1 aromatic heterocycles. The van der Waals surface area contributed by atoms with Crippen molar-refractivity contribution in [1.29, 1.82) is 0 Å². The molecule has 0 aliphatic rings. The van der Waals surface area contributed by atoms with Gasteiger partial charge in [-0.3, -0.25) is 0 Å². The zero-order valence-corrected chi connectivity index (χ0v) is 11.2. The molecule has 1 heterocycles. The number of nitrogens with zero attached hydrogens (tertiary/aromatic N) is 3. The average Bonchev–Trinajstić information content (AvgIpc) is 2.72. The smallest absolute Gasteiger partial charge is 0.0869 e. The van der Waals surface area contributed by atoms with Crippen LogP contribution >= 0.6 is 34.8 Å². The molecule has 1 aromatic carbocycles. The van der Waals surface area contributed by atoms with Gasteiger partial charge in [0, 0.05) is 6.54 Å². The van der Waals surface area contributed by atoms with Gasteiger partial charge < -0.3 is 5.32 Å². The monoisotopic (exact) mass is 290 g/mol. The van der Waals surface area contributed by atoms with E-state index in [0.29, 0.717) is 27.3 Å². The SMILES string of the molecule is CNCc1cnnn1-c1cc(Cl)c(Cl)cc1Cl. The van der Waals surface area contributed by atoms with Gasteiger partial charge in [0.25, 0.3) is 0 Å². The summed E-state index contributed by atoms with van der Waals surface area (Å²) in [5.41, 5.74) is 1.54. The van der Waals surface area contributed by atoms with Crippen molar-refractivity contribution >= 4 is 34.8 Å². The lowest BCUT2D eigenvalue weighted by atomic mass is 10.3. The molecule has 2 aromatic rings. The van der Waals surface area contributed by atoms with E-state index in [4.69, 9.17) is 34.8 Å². The third-order valence-electron chi connectivity index (χ3n) is 2.20. The van der Waals surface area contributed by atoms with E-state index in [0.717, 1.165) is 5.69 Å². The van der Waals surface area contributed by atoms with Crippen LogP contribution in [0.15, 0.2) is 18.3 Å². The van der Waals surface area contributed by atoms with Crippen LogP contribution in [0.1, 0.15) is 5.69 Å². The molecule has 0 aliphatic carbocycles. The van der Waals surface area contributed by atoms with Crippen LogP contribution in [0.2, 0.25) is 15.1 Å². The summed E-state index contributed by atoms with van der Waals surface area (Å²) in [5, 5.41) is 12.2. The first kappa shape index (κ1) is 12.6. The summed E-state index contributed by atoms with van der Waals surface area (Å²) in [5.74, 6) is 0. The van der Waals surface area contributed by atoms with Gasteiger partial charge >= 0.3 is 0 Å². The molecule has 2 rings (SSSR count). The molecule has 4 nitrogen and oxygen atoms in total. The Hall–Kier alpha value is -0.810. The second-order valence-electron chi connectivity index (χ2n) is 3.39. The molecule has 0 spiro atoms. The predicted molar refractivity (Wildman–Crippen MR) is 69.2 cm³/mol. The Kier molecular flexibility index (Phi) is 3.89. The molecule has 0 saturated heterocycles. The van der Waals surface area contributed by atoms with Crippen LogP contribution in [0, 0.1) is 0 Å². The van der Waals surface area contributed by atoms with Crippen LogP contribution in [-0.4, -0.2) is 22.0 Å². The zero-order chi connectivity index (χ0) is 12.4. The van der Waals surface area contributed by atoms with E-state index in [1.54, 1.807) is 23.0 Å². The predicted octanol–water partition coefficient (Wildman–Crippen LogP) is 2.95. The molecule has 0 atom stereocenters. The molecule has 1 N–H and O–H groups in total. The summed E-state index contributed by atoms with van der Waals surface area (Å²) in [6.45, 7) is 0.629. The fourth-order valence-corrected chi connectivity index (χ4v) is 2.06. The number of nitrogens with one attached hydrogen (secondary N) is 1. The van der Waals surface area contributed by atoms with Crippen molar-refractivity contribution in [2.45, 2.75) is 6.54 Å². The number of halogens is 3. The molecule has 0 unspecified atom stereocenters. The lowest BCUT2D eigenvalue weighted by molar-refractivity contribution is 0.714. The van der Waals surface area contributed by atoms with Crippen LogP contribution in [0.25, 0.3) is 5.69 Å². The number of hydrogen-bond acceptors (Lipinski definition) is 3. The van der Waals surface area contributed by atoms with E-state index in [1.165, 1.54) is 0 Å². The first-order valence-electron chi connectivity index (χ1n) is 4.82. The number of rotatable bonds is 3. The molecule has 0 aliphatic heterocycles. The molecule has 0 bridgehead atoms. The van der Waals surface area contributed by atoms with Gasteiger partial charge in [-0.15, -0.1) is 5.10 Å². The molecule has 90 valence electrons. The maximum Gasteiger partial charge on any atom is 0.0869 e. The highest BCUT2D eigenvalue weighted by Gasteiger charge is 2.12. The summed E-state index contributed by atoms with van der Waals surface area (Å²) in [7, 11) is 1.84. The molecule has 17 heavy (non-hydrogen) atoms. The van der Waals surface area contributed by atoms with Crippen molar-refractivity contribution in [3.63, 3.8) is 0 Å². The Morgan fingerprint density at radius 1 is 1.18 bits per heavy atom. The molecular formula is C10H9Cl3N4. The lowest BCUT2D eigenvalue weighted by Gasteiger charge is -2.09. The fourth-order valence-electron chi connectivity index (χ4n) is 1.44. The number of hydrogen-bond donors (Lipinski definition) is 1. The van der Waals surface area contributed by atoms with Crippen molar-refractivity contribution < 1.29 is 0 Å². The van der Waals surface area contributed by atoms with Crippen LogP contribution in [0.5, 0.6) is 0 Å². The standard InChI is InChI=1S/C10H9Cl3N4/c1-14-4-6-5-15-16-17(6)10-3-8(12)7(11)2-9(10)13/h2-3,5,14H,4H2,1H3. The van der Waals surface area contributed by atoms with Gasteiger partial charge in [-0.05, 0) is 19.2 Å². The maximum absolute atomic E-state index is 6.11. The summed E-state index contributed by atoms with van der Waals surface area (Å²) < 4.78 is 1.63. The molecule has 0 fully saturated rings. The Balaban J connectivity index is 2.52.